The summed E-state index contributed by atoms with van der Waals surface area (Å²) in [6.45, 7) is 2.02. The Morgan fingerprint density at radius 3 is 2.27 bits per heavy atom. The topological polar surface area (TPSA) is 61.2 Å². The van der Waals surface area contributed by atoms with Crippen LogP contribution >= 0.6 is 0 Å². The lowest BCUT2D eigenvalue weighted by molar-refractivity contribution is 0.521. The third kappa shape index (κ3) is 5.84. The Morgan fingerprint density at radius 2 is 2.00 bits per heavy atom. The second-order valence-corrected chi connectivity index (χ2v) is 4.90. The molecule has 0 amide bonds. The van der Waals surface area contributed by atoms with E-state index in [1.54, 1.807) is 18.9 Å². The highest BCUT2D eigenvalue weighted by Crippen LogP contribution is 1.88. The van der Waals surface area contributed by atoms with Crippen molar-refractivity contribution in [1.82, 2.24) is 4.90 Å². The lowest BCUT2D eigenvalue weighted by atomic mass is 10.5. The Morgan fingerprint density at radius 1 is 1.55 bits per heavy atom. The zero-order valence-corrected chi connectivity index (χ0v) is 7.90. The average Bonchev–Trinajstić information content (AvgIpc) is 1.80. The smallest absolute Gasteiger partial charge is 0.149 e. The largest absolute Gasteiger partial charge is 0.363 e. The summed E-state index contributed by atoms with van der Waals surface area (Å²) in [5, 5.41) is 7.14. The summed E-state index contributed by atoms with van der Waals surface area (Å²) in [5.41, 5.74) is 0. The second kappa shape index (κ2) is 3.71. The third-order valence-corrected chi connectivity index (χ3v) is 2.29. The molecule has 0 bridgehead atoms. The minimum atomic E-state index is -2.89. The van der Waals surface area contributed by atoms with Gasteiger partial charge in [0, 0.05) is 19.8 Å². The van der Waals surface area contributed by atoms with Gasteiger partial charge in [0.15, 0.2) is 0 Å². The highest BCUT2D eigenvalue weighted by molar-refractivity contribution is 7.90. The number of nitrogens with one attached hydrogen (secondary N) is 1. The fraction of sp³-hybridized carbons (Fsp3) is 0.833. The highest BCUT2D eigenvalue weighted by atomic mass is 32.2. The molecule has 0 aromatic carbocycles. The van der Waals surface area contributed by atoms with Crippen LogP contribution in [-0.4, -0.2) is 44.8 Å². The molecular formula is C6H14N2O2S. The summed E-state index contributed by atoms with van der Waals surface area (Å²) < 4.78 is 21.3. The Labute approximate surface area is 67.6 Å². The van der Waals surface area contributed by atoms with Crippen LogP contribution in [0.2, 0.25) is 0 Å². The first-order valence-electron chi connectivity index (χ1n) is 3.27. The number of sulfone groups is 1. The van der Waals surface area contributed by atoms with Gasteiger partial charge in [-0.1, -0.05) is 0 Å². The van der Waals surface area contributed by atoms with Gasteiger partial charge in [0.1, 0.15) is 9.84 Å². The van der Waals surface area contributed by atoms with Gasteiger partial charge in [0.25, 0.3) is 0 Å². The van der Waals surface area contributed by atoms with Crippen molar-refractivity contribution in [3.05, 3.63) is 0 Å². The normalized spacial score (nSPS) is 11.2. The van der Waals surface area contributed by atoms with Crippen molar-refractivity contribution in [3.8, 4) is 0 Å². The van der Waals surface area contributed by atoms with Gasteiger partial charge in [-0.15, -0.1) is 0 Å². The van der Waals surface area contributed by atoms with Crippen LogP contribution in [0.1, 0.15) is 6.92 Å². The van der Waals surface area contributed by atoms with E-state index in [4.69, 9.17) is 5.41 Å². The van der Waals surface area contributed by atoms with E-state index in [2.05, 4.69) is 0 Å². The van der Waals surface area contributed by atoms with Gasteiger partial charge in [-0.05, 0) is 6.92 Å². The summed E-state index contributed by atoms with van der Waals surface area (Å²) in [5.74, 6) is 0.494. The molecule has 5 heteroatoms. The van der Waals surface area contributed by atoms with E-state index in [9.17, 15) is 8.42 Å². The van der Waals surface area contributed by atoms with Crippen LogP contribution in [-0.2, 0) is 9.84 Å². The van der Waals surface area contributed by atoms with Gasteiger partial charge in [-0.3, -0.25) is 5.41 Å². The van der Waals surface area contributed by atoms with E-state index in [1.165, 1.54) is 6.26 Å². The first-order chi connectivity index (χ1) is 4.83. The first-order valence-corrected chi connectivity index (χ1v) is 5.33. The standard InChI is InChI=1S/C6H14N2O2S/c1-6(7)8(2)4-5-11(3,9)10/h7H,4-5H2,1-3H3. The zero-order chi connectivity index (χ0) is 9.07. The number of rotatable bonds is 3. The van der Waals surface area contributed by atoms with Gasteiger partial charge < -0.3 is 4.90 Å². The third-order valence-electron chi connectivity index (χ3n) is 1.37. The molecule has 0 saturated carbocycles. The highest BCUT2D eigenvalue weighted by Gasteiger charge is 2.04. The SMILES string of the molecule is CC(=N)N(C)CCS(C)(=O)=O. The van der Waals surface area contributed by atoms with Crippen LogP contribution in [0.4, 0.5) is 0 Å². The predicted molar refractivity (Wildman–Crippen MR) is 45.7 cm³/mol. The Balaban J connectivity index is 3.82. The minimum absolute atomic E-state index is 0.111. The van der Waals surface area contributed by atoms with Crippen molar-refractivity contribution in [2.24, 2.45) is 0 Å². The van der Waals surface area contributed by atoms with Crippen molar-refractivity contribution in [2.45, 2.75) is 6.92 Å². The molecule has 0 aliphatic rings. The summed E-state index contributed by atoms with van der Waals surface area (Å²) in [6, 6.07) is 0. The minimum Gasteiger partial charge on any atom is -0.363 e. The van der Waals surface area contributed by atoms with E-state index in [0.29, 0.717) is 12.4 Å². The van der Waals surface area contributed by atoms with Crippen LogP contribution in [0.5, 0.6) is 0 Å². The molecule has 0 atom stereocenters. The van der Waals surface area contributed by atoms with Crippen LogP contribution < -0.4 is 0 Å². The predicted octanol–water partition coefficient (Wildman–Crippen LogP) is -0.0400. The Kier molecular flexibility index (Phi) is 3.51. The van der Waals surface area contributed by atoms with Crippen LogP contribution in [0.3, 0.4) is 0 Å². The molecular weight excluding hydrogens is 164 g/mol. The molecule has 11 heavy (non-hydrogen) atoms. The average molecular weight is 178 g/mol. The summed E-state index contributed by atoms with van der Waals surface area (Å²) in [4.78, 5) is 1.60. The Bertz CT molecular complexity index is 233. The maximum absolute atomic E-state index is 10.7. The molecule has 0 unspecified atom stereocenters. The van der Waals surface area contributed by atoms with E-state index in [0.717, 1.165) is 0 Å². The quantitative estimate of drug-likeness (QED) is 0.487. The van der Waals surface area contributed by atoms with Gasteiger partial charge >= 0.3 is 0 Å². The molecule has 0 fully saturated rings. The fourth-order valence-electron chi connectivity index (χ4n) is 0.470. The van der Waals surface area contributed by atoms with E-state index in [-0.39, 0.29) is 5.75 Å². The Hall–Kier alpha value is -0.580. The van der Waals surface area contributed by atoms with Crippen molar-refractivity contribution in [1.29, 1.82) is 5.41 Å². The fourth-order valence-corrected chi connectivity index (χ4v) is 1.08. The molecule has 0 aromatic heterocycles. The molecule has 0 saturated heterocycles. The monoisotopic (exact) mass is 178 g/mol. The number of nitrogens with zero attached hydrogens (tertiary/aromatic N) is 1. The molecule has 4 nitrogen and oxygen atoms in total. The lowest BCUT2D eigenvalue weighted by Crippen LogP contribution is -2.28. The molecule has 0 radical (unpaired) electrons. The summed E-state index contributed by atoms with van der Waals surface area (Å²) >= 11 is 0. The van der Waals surface area contributed by atoms with Gasteiger partial charge in [-0.2, -0.15) is 0 Å². The maximum atomic E-state index is 10.7. The zero-order valence-electron chi connectivity index (χ0n) is 7.09. The number of amidine groups is 1. The van der Waals surface area contributed by atoms with E-state index < -0.39 is 9.84 Å². The van der Waals surface area contributed by atoms with Gasteiger partial charge in [0.2, 0.25) is 0 Å². The molecule has 1 N–H and O–H groups in total. The van der Waals surface area contributed by atoms with Gasteiger partial charge in [-0.25, -0.2) is 8.42 Å². The molecule has 0 heterocycles. The van der Waals surface area contributed by atoms with Crippen molar-refractivity contribution in [3.63, 3.8) is 0 Å². The molecule has 0 aliphatic carbocycles. The molecule has 0 rings (SSSR count). The molecule has 0 spiro atoms. The van der Waals surface area contributed by atoms with Crippen molar-refractivity contribution < 1.29 is 8.42 Å². The van der Waals surface area contributed by atoms with Crippen molar-refractivity contribution >= 4 is 15.7 Å². The van der Waals surface area contributed by atoms with Crippen molar-refractivity contribution in [2.75, 3.05) is 25.6 Å². The summed E-state index contributed by atoms with van der Waals surface area (Å²) in [6.07, 6.45) is 1.19. The summed E-state index contributed by atoms with van der Waals surface area (Å²) in [7, 11) is -1.19. The first kappa shape index (κ1) is 10.4. The lowest BCUT2D eigenvalue weighted by Gasteiger charge is -2.15. The van der Waals surface area contributed by atoms with E-state index >= 15 is 0 Å². The van der Waals surface area contributed by atoms with Gasteiger partial charge in [0.05, 0.1) is 11.6 Å². The second-order valence-electron chi connectivity index (χ2n) is 2.64. The number of hydrogen-bond acceptors (Lipinski definition) is 3. The number of hydrogen-bond donors (Lipinski definition) is 1. The van der Waals surface area contributed by atoms with Crippen LogP contribution in [0.25, 0.3) is 0 Å². The van der Waals surface area contributed by atoms with E-state index in [1.807, 2.05) is 0 Å². The molecule has 0 aromatic rings. The molecule has 66 valence electrons. The van der Waals surface area contributed by atoms with Crippen LogP contribution in [0, 0.1) is 5.41 Å². The maximum Gasteiger partial charge on any atom is 0.149 e. The van der Waals surface area contributed by atoms with Crippen LogP contribution in [0.15, 0.2) is 0 Å². The molecule has 0 aliphatic heterocycles.